The Labute approximate surface area is 325 Å². The van der Waals surface area contributed by atoms with E-state index >= 15 is 0 Å². The molecular weight excluding hydrogens is 687 g/mol. The molecule has 308 valence electrons. The fraction of sp³-hybridized carbons (Fsp3) is 0.773. The van der Waals surface area contributed by atoms with Gasteiger partial charge in [0.2, 0.25) is 0 Å². The first-order valence-corrected chi connectivity index (χ1v) is 22.8. The fourth-order valence-electron chi connectivity index (χ4n) is 5.83. The molecule has 9 heteroatoms. The topological polar surface area (TPSA) is 108 Å². The van der Waals surface area contributed by atoms with Crippen LogP contribution in [0.15, 0.2) is 48.6 Å². The SMILES string of the molecule is CC/C=C\C/C=C\C/C=C\C/C=C\CCCCCCCCCCC(=O)OC(COC(=O)CCCCCCCCCCCCCCC)COP(=O)(O)OC. The maximum absolute atomic E-state index is 12.5. The molecule has 0 amide bonds. The van der Waals surface area contributed by atoms with E-state index in [0.717, 1.165) is 77.7 Å². The lowest BCUT2D eigenvalue weighted by atomic mass is 10.0. The molecule has 0 bridgehead atoms. The van der Waals surface area contributed by atoms with Crippen molar-refractivity contribution in [2.75, 3.05) is 20.3 Å². The van der Waals surface area contributed by atoms with Crippen LogP contribution in [0.25, 0.3) is 0 Å². The molecule has 1 N–H and O–H groups in total. The van der Waals surface area contributed by atoms with Crippen LogP contribution < -0.4 is 0 Å². The lowest BCUT2D eigenvalue weighted by Crippen LogP contribution is -2.29. The number of carbonyl (C=O) groups excluding carboxylic acids is 2. The Morgan fingerprint density at radius 2 is 0.962 bits per heavy atom. The van der Waals surface area contributed by atoms with Crippen LogP contribution in [0.2, 0.25) is 0 Å². The van der Waals surface area contributed by atoms with Gasteiger partial charge in [0.05, 0.1) is 6.61 Å². The average molecular weight is 767 g/mol. The smallest absolute Gasteiger partial charge is 0.462 e. The van der Waals surface area contributed by atoms with Gasteiger partial charge in [0.25, 0.3) is 0 Å². The molecular formula is C44H79O8P. The van der Waals surface area contributed by atoms with Crippen molar-refractivity contribution in [1.82, 2.24) is 0 Å². The number of unbranched alkanes of at least 4 members (excludes halogenated alkanes) is 20. The van der Waals surface area contributed by atoms with Gasteiger partial charge in [0.15, 0.2) is 6.10 Å². The normalized spacial score (nSPS) is 13.8. The number of phosphoric ester groups is 1. The molecule has 0 aromatic heterocycles. The van der Waals surface area contributed by atoms with E-state index in [2.05, 4.69) is 67.0 Å². The third-order valence-electron chi connectivity index (χ3n) is 9.09. The number of phosphoric acid groups is 1. The molecule has 8 nitrogen and oxygen atoms in total. The number of carbonyl (C=O) groups is 2. The van der Waals surface area contributed by atoms with Crippen molar-refractivity contribution in [2.24, 2.45) is 0 Å². The Hall–Kier alpha value is -1.99. The zero-order valence-corrected chi connectivity index (χ0v) is 35.1. The van der Waals surface area contributed by atoms with Gasteiger partial charge < -0.3 is 14.4 Å². The van der Waals surface area contributed by atoms with Crippen LogP contribution in [0.4, 0.5) is 0 Å². The summed E-state index contributed by atoms with van der Waals surface area (Å²) in [4.78, 5) is 34.4. The van der Waals surface area contributed by atoms with Crippen molar-refractivity contribution in [2.45, 2.75) is 200 Å². The third kappa shape index (κ3) is 39.5. The summed E-state index contributed by atoms with van der Waals surface area (Å²) in [5.41, 5.74) is 0. The van der Waals surface area contributed by atoms with E-state index in [0.29, 0.717) is 12.8 Å². The van der Waals surface area contributed by atoms with Crippen LogP contribution in [0.1, 0.15) is 194 Å². The molecule has 0 aliphatic carbocycles. The van der Waals surface area contributed by atoms with E-state index in [1.165, 1.54) is 89.9 Å². The van der Waals surface area contributed by atoms with Gasteiger partial charge in [0.1, 0.15) is 6.61 Å². The highest BCUT2D eigenvalue weighted by atomic mass is 31.2. The van der Waals surface area contributed by atoms with Crippen molar-refractivity contribution in [3.63, 3.8) is 0 Å². The minimum Gasteiger partial charge on any atom is -0.462 e. The number of hydrogen-bond donors (Lipinski definition) is 1. The quantitative estimate of drug-likeness (QED) is 0.0285. The standard InChI is InChI=1S/C44H79O8P/c1-4-6-8-10-12-14-16-18-19-20-21-22-23-24-25-27-29-31-33-35-37-39-44(46)52-42(41-51-53(47,48)49-3)40-50-43(45)38-36-34-32-30-28-26-17-15-13-11-9-7-5-2/h6,8,12,14,18-19,21-22,42H,4-5,7,9-11,13,15-17,20,23-41H2,1-3H3,(H,47,48)/b8-6-,14-12-,19-18-,22-21-. The molecule has 2 unspecified atom stereocenters. The molecule has 0 aliphatic rings. The van der Waals surface area contributed by atoms with Gasteiger partial charge in [-0.05, 0) is 51.4 Å². The molecule has 53 heavy (non-hydrogen) atoms. The van der Waals surface area contributed by atoms with Crippen LogP contribution in [0.5, 0.6) is 0 Å². The van der Waals surface area contributed by atoms with Gasteiger partial charge >= 0.3 is 19.8 Å². The number of allylic oxidation sites excluding steroid dienone is 8. The number of esters is 2. The van der Waals surface area contributed by atoms with Crippen molar-refractivity contribution in [3.8, 4) is 0 Å². The monoisotopic (exact) mass is 767 g/mol. The number of hydrogen-bond acceptors (Lipinski definition) is 7. The van der Waals surface area contributed by atoms with Crippen molar-refractivity contribution in [1.29, 1.82) is 0 Å². The molecule has 2 atom stereocenters. The molecule has 0 heterocycles. The fourth-order valence-corrected chi connectivity index (χ4v) is 6.29. The molecule has 0 aromatic carbocycles. The van der Waals surface area contributed by atoms with E-state index in [-0.39, 0.29) is 19.0 Å². The maximum Gasteiger partial charge on any atom is 0.472 e. The summed E-state index contributed by atoms with van der Waals surface area (Å²) in [5, 5.41) is 0. The number of rotatable bonds is 39. The largest absolute Gasteiger partial charge is 0.472 e. The van der Waals surface area contributed by atoms with E-state index < -0.39 is 26.5 Å². The van der Waals surface area contributed by atoms with Gasteiger partial charge in [-0.2, -0.15) is 0 Å². The Kier molecular flexibility index (Phi) is 38.2. The summed E-state index contributed by atoms with van der Waals surface area (Å²) < 4.78 is 32.0. The first kappa shape index (κ1) is 51.0. The Morgan fingerprint density at radius 1 is 0.547 bits per heavy atom. The van der Waals surface area contributed by atoms with Gasteiger partial charge in [-0.15, -0.1) is 0 Å². The van der Waals surface area contributed by atoms with E-state index in [4.69, 9.17) is 14.0 Å². The molecule has 0 radical (unpaired) electrons. The van der Waals surface area contributed by atoms with Gasteiger partial charge in [-0.1, -0.05) is 178 Å². The van der Waals surface area contributed by atoms with Crippen molar-refractivity contribution in [3.05, 3.63) is 48.6 Å². The minimum absolute atomic E-state index is 0.227. The summed E-state index contributed by atoms with van der Waals surface area (Å²) in [6.45, 7) is 3.77. The second kappa shape index (κ2) is 39.7. The zero-order valence-electron chi connectivity index (χ0n) is 34.2. The maximum atomic E-state index is 12.5. The van der Waals surface area contributed by atoms with Crippen LogP contribution in [0, 0.1) is 0 Å². The molecule has 0 spiro atoms. The van der Waals surface area contributed by atoms with Crippen molar-refractivity contribution < 1.29 is 37.6 Å². The van der Waals surface area contributed by atoms with E-state index in [9.17, 15) is 19.0 Å². The van der Waals surface area contributed by atoms with Crippen LogP contribution >= 0.6 is 7.82 Å². The highest BCUT2D eigenvalue weighted by molar-refractivity contribution is 7.47. The predicted octanol–water partition coefficient (Wildman–Crippen LogP) is 13.4. The molecule has 0 rings (SSSR count). The Balaban J connectivity index is 4.00. The average Bonchev–Trinajstić information content (AvgIpc) is 3.15. The van der Waals surface area contributed by atoms with Gasteiger partial charge in [-0.25, -0.2) is 4.57 Å². The van der Waals surface area contributed by atoms with Crippen LogP contribution in [-0.2, 0) is 32.7 Å². The molecule has 0 saturated heterocycles. The molecule has 0 aromatic rings. The zero-order chi connectivity index (χ0) is 38.9. The molecule has 0 saturated carbocycles. The predicted molar refractivity (Wildman–Crippen MR) is 221 cm³/mol. The summed E-state index contributed by atoms with van der Waals surface area (Å²) >= 11 is 0. The lowest BCUT2D eigenvalue weighted by Gasteiger charge is -2.19. The van der Waals surface area contributed by atoms with E-state index in [1.54, 1.807) is 0 Å². The first-order valence-electron chi connectivity index (χ1n) is 21.3. The van der Waals surface area contributed by atoms with Crippen LogP contribution in [0.3, 0.4) is 0 Å². The molecule has 0 fully saturated rings. The second-order valence-corrected chi connectivity index (χ2v) is 15.7. The first-order chi connectivity index (χ1) is 25.8. The Bertz CT molecular complexity index is 1010. The lowest BCUT2D eigenvalue weighted by molar-refractivity contribution is -0.161. The Morgan fingerprint density at radius 3 is 1.43 bits per heavy atom. The minimum atomic E-state index is -4.26. The number of ether oxygens (including phenoxy) is 2. The second-order valence-electron chi connectivity index (χ2n) is 14.1. The molecule has 0 aliphatic heterocycles. The highest BCUT2D eigenvalue weighted by Crippen LogP contribution is 2.42. The van der Waals surface area contributed by atoms with Crippen LogP contribution in [-0.4, -0.2) is 43.3 Å². The summed E-state index contributed by atoms with van der Waals surface area (Å²) in [7, 11) is -3.20. The van der Waals surface area contributed by atoms with Gasteiger partial charge in [-0.3, -0.25) is 18.6 Å². The van der Waals surface area contributed by atoms with E-state index in [1.807, 2.05) is 0 Å². The summed E-state index contributed by atoms with van der Waals surface area (Å²) in [6.07, 6.45) is 47.3. The van der Waals surface area contributed by atoms with Gasteiger partial charge in [0, 0.05) is 20.0 Å². The van der Waals surface area contributed by atoms with Crippen molar-refractivity contribution >= 4 is 19.8 Å². The third-order valence-corrected chi connectivity index (χ3v) is 10.0. The summed E-state index contributed by atoms with van der Waals surface area (Å²) in [5.74, 6) is -0.810. The summed E-state index contributed by atoms with van der Waals surface area (Å²) in [6, 6.07) is 0. The highest BCUT2D eigenvalue weighted by Gasteiger charge is 2.24.